The fourth-order valence-corrected chi connectivity index (χ4v) is 4.43. The van der Waals surface area contributed by atoms with E-state index < -0.39 is 16.8 Å². The maximum atomic E-state index is 12.7. The molecule has 8 nitrogen and oxygen atoms in total. The van der Waals surface area contributed by atoms with E-state index in [4.69, 9.17) is 4.74 Å². The Balaban J connectivity index is 2.07. The number of esters is 1. The third-order valence-electron chi connectivity index (χ3n) is 4.08. The number of benzene rings is 2. The lowest BCUT2D eigenvalue weighted by molar-refractivity contribution is -0.384. The number of hydrogen-bond donors (Lipinski definition) is 0. The molecule has 3 aromatic rings. The number of nitro groups is 1. The minimum atomic E-state index is -0.515. The first kappa shape index (κ1) is 21.7. The molecule has 156 valence electrons. The summed E-state index contributed by atoms with van der Waals surface area (Å²) < 4.78 is 7.15. The predicted molar refractivity (Wildman–Crippen MR) is 116 cm³/mol. The van der Waals surface area contributed by atoms with Crippen molar-refractivity contribution in [1.82, 2.24) is 4.57 Å². The number of carbonyl (C=O) groups is 2. The number of fused-ring (bicyclic) bond motifs is 1. The molecule has 3 rings (SSSR count). The molecule has 0 saturated carbocycles. The summed E-state index contributed by atoms with van der Waals surface area (Å²) in [5.74, 6) is -0.0420. The summed E-state index contributed by atoms with van der Waals surface area (Å²) in [6, 6.07) is 11.5. The Morgan fingerprint density at radius 3 is 2.57 bits per heavy atom. The zero-order valence-corrected chi connectivity index (χ0v) is 18.0. The van der Waals surface area contributed by atoms with Crippen LogP contribution in [-0.2, 0) is 16.1 Å². The molecule has 30 heavy (non-hydrogen) atoms. The maximum absolute atomic E-state index is 12.7. The molecule has 0 aliphatic carbocycles. The van der Waals surface area contributed by atoms with Crippen LogP contribution in [0.4, 0.5) is 5.69 Å². The van der Waals surface area contributed by atoms with Crippen molar-refractivity contribution in [1.29, 1.82) is 0 Å². The zero-order valence-electron chi connectivity index (χ0n) is 16.4. The molecule has 0 atom stereocenters. The monoisotopic (exact) mass is 445 g/mol. The molecule has 2 aromatic carbocycles. The Labute approximate surface area is 180 Å². The molecule has 0 spiro atoms. The molecule has 0 bridgehead atoms. The van der Waals surface area contributed by atoms with Gasteiger partial charge < -0.3 is 9.30 Å². The molecule has 0 saturated heterocycles. The van der Waals surface area contributed by atoms with Crippen LogP contribution in [0.2, 0.25) is 0 Å². The molecule has 10 heteroatoms. The van der Waals surface area contributed by atoms with Gasteiger partial charge in [0.25, 0.3) is 11.6 Å². The van der Waals surface area contributed by atoms with Gasteiger partial charge in [-0.05, 0) is 43.0 Å². The van der Waals surface area contributed by atoms with Gasteiger partial charge in [0, 0.05) is 22.6 Å². The normalized spacial score (nSPS) is 11.6. The maximum Gasteiger partial charge on any atom is 0.326 e. The molecule has 0 aliphatic rings. The smallest absolute Gasteiger partial charge is 0.326 e. The van der Waals surface area contributed by atoms with Crippen LogP contribution in [0.1, 0.15) is 24.2 Å². The number of carbonyl (C=O) groups excluding carboxylic acids is 2. The van der Waals surface area contributed by atoms with Crippen molar-refractivity contribution in [2.24, 2.45) is 4.99 Å². The minimum Gasteiger partial charge on any atom is -0.465 e. The highest BCUT2D eigenvalue weighted by Crippen LogP contribution is 2.23. The summed E-state index contributed by atoms with van der Waals surface area (Å²) >= 11 is 2.85. The Morgan fingerprint density at radius 1 is 1.20 bits per heavy atom. The van der Waals surface area contributed by atoms with Gasteiger partial charge in [0.2, 0.25) is 0 Å². The molecule has 1 heterocycles. The van der Waals surface area contributed by atoms with Gasteiger partial charge in [-0.25, -0.2) is 0 Å². The predicted octanol–water partition coefficient (Wildman–Crippen LogP) is 4.03. The van der Waals surface area contributed by atoms with Gasteiger partial charge in [0.1, 0.15) is 6.54 Å². The first-order valence-electron chi connectivity index (χ1n) is 9.18. The van der Waals surface area contributed by atoms with Crippen LogP contribution in [-0.4, -0.2) is 33.7 Å². The van der Waals surface area contributed by atoms with E-state index in [2.05, 4.69) is 4.99 Å². The van der Waals surface area contributed by atoms with Gasteiger partial charge in [-0.3, -0.25) is 19.7 Å². The summed E-state index contributed by atoms with van der Waals surface area (Å²) in [7, 11) is 0. The number of non-ortho nitro benzene ring substituents is 1. The van der Waals surface area contributed by atoms with E-state index in [1.807, 2.05) is 19.1 Å². The number of thiazole rings is 1. The van der Waals surface area contributed by atoms with Crippen molar-refractivity contribution < 1.29 is 19.2 Å². The van der Waals surface area contributed by atoms with Crippen LogP contribution >= 0.6 is 23.1 Å². The van der Waals surface area contributed by atoms with Crippen LogP contribution in [0.15, 0.2) is 52.4 Å². The van der Waals surface area contributed by atoms with E-state index in [1.165, 1.54) is 28.0 Å². The Hall–Kier alpha value is -2.98. The van der Waals surface area contributed by atoms with Crippen molar-refractivity contribution in [3.05, 3.63) is 62.9 Å². The van der Waals surface area contributed by atoms with Crippen molar-refractivity contribution in [2.75, 3.05) is 12.4 Å². The number of aromatic nitrogens is 1. The highest BCUT2D eigenvalue weighted by atomic mass is 32.2. The van der Waals surface area contributed by atoms with E-state index in [-0.39, 0.29) is 23.6 Å². The van der Waals surface area contributed by atoms with Crippen LogP contribution in [0.25, 0.3) is 10.2 Å². The Kier molecular flexibility index (Phi) is 7.01. The van der Waals surface area contributed by atoms with Gasteiger partial charge in [-0.1, -0.05) is 18.3 Å². The first-order chi connectivity index (χ1) is 14.4. The number of ether oxygens (including phenoxy) is 1. The average molecular weight is 446 g/mol. The lowest BCUT2D eigenvalue weighted by Crippen LogP contribution is -2.23. The Bertz CT molecular complexity index is 1170. The molecular weight excluding hydrogens is 426 g/mol. The molecule has 0 radical (unpaired) electrons. The largest absolute Gasteiger partial charge is 0.465 e. The zero-order chi connectivity index (χ0) is 21.7. The highest BCUT2D eigenvalue weighted by Gasteiger charge is 2.16. The third kappa shape index (κ3) is 4.95. The minimum absolute atomic E-state index is 0.111. The summed E-state index contributed by atoms with van der Waals surface area (Å²) in [6.45, 7) is 3.74. The molecule has 0 unspecified atom stereocenters. The summed E-state index contributed by atoms with van der Waals surface area (Å²) in [4.78, 5) is 40.9. The fourth-order valence-electron chi connectivity index (χ4n) is 2.76. The lowest BCUT2D eigenvalue weighted by Gasteiger charge is -2.05. The van der Waals surface area contributed by atoms with Crippen molar-refractivity contribution >= 4 is 50.9 Å². The summed E-state index contributed by atoms with van der Waals surface area (Å²) in [5, 5.41) is 11.2. The molecule has 1 amide bonds. The molecule has 1 aromatic heterocycles. The number of rotatable bonds is 7. The molecular formula is C20H19N3O5S2. The molecule has 0 N–H and O–H groups in total. The number of nitrogens with zero attached hydrogens (tertiary/aromatic N) is 3. The van der Waals surface area contributed by atoms with Gasteiger partial charge in [-0.2, -0.15) is 4.99 Å². The molecule has 0 fully saturated rings. The average Bonchev–Trinajstić information content (AvgIpc) is 3.05. The van der Waals surface area contributed by atoms with Crippen molar-refractivity contribution in [2.45, 2.75) is 25.3 Å². The lowest BCUT2D eigenvalue weighted by atomic mass is 10.2. The van der Waals surface area contributed by atoms with E-state index in [0.717, 1.165) is 10.6 Å². The van der Waals surface area contributed by atoms with Crippen LogP contribution in [0, 0.1) is 10.1 Å². The van der Waals surface area contributed by atoms with E-state index in [1.54, 1.807) is 36.9 Å². The van der Waals surface area contributed by atoms with Crippen LogP contribution < -0.4 is 4.80 Å². The number of nitro benzene ring substituents is 1. The number of thioether (sulfide) groups is 1. The van der Waals surface area contributed by atoms with E-state index in [0.29, 0.717) is 15.8 Å². The second-order valence-electron chi connectivity index (χ2n) is 6.06. The van der Waals surface area contributed by atoms with Gasteiger partial charge in [0.15, 0.2) is 4.80 Å². The van der Waals surface area contributed by atoms with Gasteiger partial charge in [-0.15, -0.1) is 11.8 Å². The highest BCUT2D eigenvalue weighted by molar-refractivity contribution is 7.99. The van der Waals surface area contributed by atoms with Crippen LogP contribution in [0.5, 0.6) is 0 Å². The second kappa shape index (κ2) is 9.68. The third-order valence-corrected chi connectivity index (χ3v) is 6.03. The first-order valence-corrected chi connectivity index (χ1v) is 11.0. The van der Waals surface area contributed by atoms with Crippen LogP contribution in [0.3, 0.4) is 0 Å². The second-order valence-corrected chi connectivity index (χ2v) is 8.41. The van der Waals surface area contributed by atoms with Crippen molar-refractivity contribution in [3.63, 3.8) is 0 Å². The standard InChI is InChI=1S/C20H19N3O5S2/c1-3-28-18(24)12-22-16-11-14(23(26)27)7-10-17(16)30-20(22)21-19(25)13-5-8-15(9-6-13)29-4-2/h5-11H,3-4,12H2,1-2H3. The van der Waals surface area contributed by atoms with E-state index >= 15 is 0 Å². The molecule has 0 aliphatic heterocycles. The summed E-state index contributed by atoms with van der Waals surface area (Å²) in [5.41, 5.74) is 0.755. The van der Waals surface area contributed by atoms with E-state index in [9.17, 15) is 19.7 Å². The topological polar surface area (TPSA) is 104 Å². The SMILES string of the molecule is CCOC(=O)Cn1c(=NC(=O)c2ccc(SCC)cc2)sc2ccc([N+](=O)[O-])cc21. The number of hydrogen-bond acceptors (Lipinski definition) is 7. The number of amides is 1. The van der Waals surface area contributed by atoms with Gasteiger partial charge in [0.05, 0.1) is 21.7 Å². The van der Waals surface area contributed by atoms with Gasteiger partial charge >= 0.3 is 5.97 Å². The fraction of sp³-hybridized carbons (Fsp3) is 0.250. The summed E-state index contributed by atoms with van der Waals surface area (Å²) in [6.07, 6.45) is 0. The quantitative estimate of drug-likeness (QED) is 0.235. The van der Waals surface area contributed by atoms with Crippen molar-refractivity contribution in [3.8, 4) is 0 Å². The Morgan fingerprint density at radius 2 is 1.93 bits per heavy atom.